The summed E-state index contributed by atoms with van der Waals surface area (Å²) < 4.78 is 24.9. The van der Waals surface area contributed by atoms with Gasteiger partial charge in [-0.25, -0.2) is 8.42 Å². The molecule has 1 atom stereocenters. The number of amides is 1. The first-order valence-electron chi connectivity index (χ1n) is 7.45. The van der Waals surface area contributed by atoms with Crippen LogP contribution in [0.25, 0.3) is 0 Å². The Bertz CT molecular complexity index is 912. The van der Waals surface area contributed by atoms with E-state index in [4.69, 9.17) is 11.6 Å². The van der Waals surface area contributed by atoms with Gasteiger partial charge >= 0.3 is 0 Å². The fourth-order valence-corrected chi connectivity index (χ4v) is 3.79. The zero-order chi connectivity index (χ0) is 17.5. The van der Waals surface area contributed by atoms with Gasteiger partial charge in [0.1, 0.15) is 0 Å². The number of rotatable bonds is 3. The van der Waals surface area contributed by atoms with Crippen LogP contribution in [-0.4, -0.2) is 26.6 Å². The maximum Gasteiger partial charge on any atom is 0.260 e. The lowest BCUT2D eigenvalue weighted by Crippen LogP contribution is -2.35. The van der Waals surface area contributed by atoms with Crippen LogP contribution in [0.1, 0.15) is 22.8 Å². The van der Waals surface area contributed by atoms with Gasteiger partial charge in [-0.3, -0.25) is 9.52 Å². The van der Waals surface area contributed by atoms with Gasteiger partial charge in [0.05, 0.1) is 16.8 Å². The van der Waals surface area contributed by atoms with Gasteiger partial charge in [-0.15, -0.1) is 0 Å². The highest BCUT2D eigenvalue weighted by Gasteiger charge is 2.32. The third-order valence-electron chi connectivity index (χ3n) is 3.93. The van der Waals surface area contributed by atoms with Crippen LogP contribution in [0.5, 0.6) is 0 Å². The third kappa shape index (κ3) is 3.25. The van der Waals surface area contributed by atoms with Gasteiger partial charge in [-0.2, -0.15) is 0 Å². The number of nitrogens with zero attached hydrogens (tertiary/aromatic N) is 1. The molecule has 1 aliphatic rings. The zero-order valence-electron chi connectivity index (χ0n) is 13.3. The van der Waals surface area contributed by atoms with Gasteiger partial charge in [-0.1, -0.05) is 29.8 Å². The van der Waals surface area contributed by atoms with E-state index in [1.165, 1.54) is 12.1 Å². The maximum absolute atomic E-state index is 12.9. The predicted octanol–water partition coefficient (Wildman–Crippen LogP) is 3.30. The standard InChI is InChI=1S/C17H17ClN2O3S/c1-11-9-12-5-3-4-6-16(12)20(11)17(21)14-8-7-13(10-15(14)18)19-24(2,22)23/h3-8,10-11,19H,9H2,1-2H3. The molecule has 2 aromatic carbocycles. The average molecular weight is 365 g/mol. The molecule has 24 heavy (non-hydrogen) atoms. The summed E-state index contributed by atoms with van der Waals surface area (Å²) in [5.74, 6) is -0.191. The largest absolute Gasteiger partial charge is 0.305 e. The molecule has 0 saturated carbocycles. The first-order valence-corrected chi connectivity index (χ1v) is 9.72. The van der Waals surface area contributed by atoms with Crippen molar-refractivity contribution < 1.29 is 13.2 Å². The zero-order valence-corrected chi connectivity index (χ0v) is 14.9. The van der Waals surface area contributed by atoms with Crippen LogP contribution in [0.15, 0.2) is 42.5 Å². The second kappa shape index (κ2) is 6.11. The van der Waals surface area contributed by atoms with Crippen LogP contribution in [0.2, 0.25) is 5.02 Å². The fraction of sp³-hybridized carbons (Fsp3) is 0.235. The summed E-state index contributed by atoms with van der Waals surface area (Å²) in [5, 5.41) is 0.213. The fourth-order valence-electron chi connectivity index (χ4n) is 2.97. The Morgan fingerprint density at radius 3 is 2.62 bits per heavy atom. The second-order valence-electron chi connectivity index (χ2n) is 5.93. The normalized spacial score (nSPS) is 16.8. The van der Waals surface area contributed by atoms with Crippen molar-refractivity contribution >= 4 is 38.9 Å². The summed E-state index contributed by atoms with van der Waals surface area (Å²) in [6.07, 6.45) is 1.86. The Balaban J connectivity index is 1.94. The Kier molecular flexibility index (Phi) is 4.27. The van der Waals surface area contributed by atoms with Crippen LogP contribution < -0.4 is 9.62 Å². The molecule has 0 aromatic heterocycles. The highest BCUT2D eigenvalue weighted by molar-refractivity contribution is 7.92. The van der Waals surface area contributed by atoms with Crippen molar-refractivity contribution in [1.82, 2.24) is 0 Å². The molecule has 0 aliphatic carbocycles. The van der Waals surface area contributed by atoms with Crippen molar-refractivity contribution in [2.24, 2.45) is 0 Å². The molecule has 3 rings (SSSR count). The van der Waals surface area contributed by atoms with E-state index in [0.717, 1.165) is 23.9 Å². The summed E-state index contributed by atoms with van der Waals surface area (Å²) in [7, 11) is -3.40. The van der Waals surface area contributed by atoms with Crippen molar-refractivity contribution in [2.45, 2.75) is 19.4 Å². The van der Waals surface area contributed by atoms with E-state index in [1.54, 1.807) is 11.0 Å². The molecule has 0 radical (unpaired) electrons. The lowest BCUT2D eigenvalue weighted by Gasteiger charge is -2.23. The Labute approximate surface area is 146 Å². The molecule has 1 aliphatic heterocycles. The van der Waals surface area contributed by atoms with E-state index in [-0.39, 0.29) is 17.0 Å². The van der Waals surface area contributed by atoms with E-state index in [1.807, 2.05) is 31.2 Å². The van der Waals surface area contributed by atoms with Gasteiger partial charge in [0.25, 0.3) is 5.91 Å². The molecule has 0 saturated heterocycles. The van der Waals surface area contributed by atoms with Crippen molar-refractivity contribution in [3.8, 4) is 0 Å². The lowest BCUT2D eigenvalue weighted by molar-refractivity contribution is 0.0981. The highest BCUT2D eigenvalue weighted by atomic mass is 35.5. The molecule has 126 valence electrons. The van der Waals surface area contributed by atoms with E-state index >= 15 is 0 Å². The summed E-state index contributed by atoms with van der Waals surface area (Å²) in [5.41, 5.74) is 2.70. The maximum atomic E-state index is 12.9. The minimum atomic E-state index is -3.40. The van der Waals surface area contributed by atoms with E-state index in [9.17, 15) is 13.2 Å². The molecule has 1 N–H and O–H groups in total. The van der Waals surface area contributed by atoms with Crippen molar-refractivity contribution in [3.63, 3.8) is 0 Å². The number of hydrogen-bond acceptors (Lipinski definition) is 3. The number of anilines is 2. The summed E-state index contributed by atoms with van der Waals surface area (Å²) >= 11 is 6.22. The minimum Gasteiger partial charge on any atom is -0.305 e. The Morgan fingerprint density at radius 2 is 1.96 bits per heavy atom. The lowest BCUT2D eigenvalue weighted by atomic mass is 10.1. The summed E-state index contributed by atoms with van der Waals surface area (Å²) in [4.78, 5) is 14.7. The number of fused-ring (bicyclic) bond motifs is 1. The number of hydrogen-bond donors (Lipinski definition) is 1. The van der Waals surface area contributed by atoms with Crippen LogP contribution in [0.4, 0.5) is 11.4 Å². The van der Waals surface area contributed by atoms with Crippen molar-refractivity contribution in [3.05, 3.63) is 58.6 Å². The third-order valence-corrected chi connectivity index (χ3v) is 4.85. The number of carbonyl (C=O) groups is 1. The highest BCUT2D eigenvalue weighted by Crippen LogP contribution is 2.34. The first-order chi connectivity index (χ1) is 11.3. The number of sulfonamides is 1. The molecular formula is C17H17ClN2O3S. The molecule has 5 nitrogen and oxygen atoms in total. The Morgan fingerprint density at radius 1 is 1.25 bits per heavy atom. The molecule has 1 unspecified atom stereocenters. The van der Waals surface area contributed by atoms with E-state index < -0.39 is 10.0 Å². The summed E-state index contributed by atoms with van der Waals surface area (Å²) in [6.45, 7) is 1.99. The van der Waals surface area contributed by atoms with E-state index in [0.29, 0.717) is 11.3 Å². The number of carbonyl (C=O) groups excluding carboxylic acids is 1. The molecule has 1 heterocycles. The van der Waals surface area contributed by atoms with Gasteiger partial charge in [0.2, 0.25) is 10.0 Å². The summed E-state index contributed by atoms with van der Waals surface area (Å²) in [6, 6.07) is 12.4. The second-order valence-corrected chi connectivity index (χ2v) is 8.08. The first kappa shape index (κ1) is 16.8. The van der Waals surface area contributed by atoms with Crippen LogP contribution in [-0.2, 0) is 16.4 Å². The predicted molar refractivity (Wildman–Crippen MR) is 96.3 cm³/mol. The molecular weight excluding hydrogens is 348 g/mol. The SMILES string of the molecule is CC1Cc2ccccc2N1C(=O)c1ccc(NS(C)(=O)=O)cc1Cl. The molecule has 0 spiro atoms. The van der Waals surface area contributed by atoms with Crippen LogP contribution >= 0.6 is 11.6 Å². The van der Waals surface area contributed by atoms with Gasteiger partial charge in [0.15, 0.2) is 0 Å². The van der Waals surface area contributed by atoms with Gasteiger partial charge < -0.3 is 4.90 Å². The molecule has 0 bridgehead atoms. The topological polar surface area (TPSA) is 66.5 Å². The number of benzene rings is 2. The monoisotopic (exact) mass is 364 g/mol. The number of para-hydroxylation sites is 1. The number of halogens is 1. The minimum absolute atomic E-state index is 0.0415. The quantitative estimate of drug-likeness (QED) is 0.908. The van der Waals surface area contributed by atoms with Crippen LogP contribution in [0, 0.1) is 0 Å². The van der Waals surface area contributed by atoms with Gasteiger partial charge in [0, 0.05) is 17.4 Å². The molecule has 1 amide bonds. The van der Waals surface area contributed by atoms with Crippen molar-refractivity contribution in [2.75, 3.05) is 15.9 Å². The van der Waals surface area contributed by atoms with E-state index in [2.05, 4.69) is 4.72 Å². The molecule has 7 heteroatoms. The number of nitrogens with one attached hydrogen (secondary N) is 1. The molecule has 2 aromatic rings. The van der Waals surface area contributed by atoms with Crippen molar-refractivity contribution in [1.29, 1.82) is 0 Å². The van der Waals surface area contributed by atoms with Gasteiger partial charge in [-0.05, 0) is 43.2 Å². The average Bonchev–Trinajstić information content (AvgIpc) is 2.80. The Hall–Kier alpha value is -2.05. The smallest absolute Gasteiger partial charge is 0.260 e. The molecule has 0 fully saturated rings. The van der Waals surface area contributed by atoms with Crippen LogP contribution in [0.3, 0.4) is 0 Å².